The Balaban J connectivity index is 2.54. The molecule has 0 radical (unpaired) electrons. The quantitative estimate of drug-likeness (QED) is 0.810. The fourth-order valence-electron chi connectivity index (χ4n) is 1.76. The summed E-state index contributed by atoms with van der Waals surface area (Å²) in [6, 6.07) is 5.54. The largest absolute Gasteiger partial charge is 0.495 e. The minimum absolute atomic E-state index is 0.302. The molecule has 0 aliphatic heterocycles. The Morgan fingerprint density at radius 1 is 1.28 bits per heavy atom. The van der Waals surface area contributed by atoms with Gasteiger partial charge in [0.1, 0.15) is 11.6 Å². The van der Waals surface area contributed by atoms with Crippen LogP contribution in [0.5, 0.6) is 5.75 Å². The molecule has 0 N–H and O–H groups in total. The Labute approximate surface area is 115 Å². The van der Waals surface area contributed by atoms with E-state index in [-0.39, 0.29) is 0 Å². The molecule has 0 saturated heterocycles. The molecule has 2 rings (SSSR count). The maximum absolute atomic E-state index is 6.13. The Bertz CT molecular complexity index is 533. The number of benzene rings is 1. The molecular weight excluding hydrogens is 273 g/mol. The minimum Gasteiger partial charge on any atom is -0.495 e. The molecule has 2 aromatic rings. The molecule has 0 saturated carbocycles. The van der Waals surface area contributed by atoms with E-state index in [1.54, 1.807) is 7.11 Å². The summed E-state index contributed by atoms with van der Waals surface area (Å²) in [6.45, 7) is 2.02. The zero-order valence-corrected chi connectivity index (χ0v) is 11.7. The maximum Gasteiger partial charge on any atom is 0.152 e. The van der Waals surface area contributed by atoms with E-state index in [0.29, 0.717) is 22.5 Å². The lowest BCUT2D eigenvalue weighted by molar-refractivity contribution is 0.415. The van der Waals surface area contributed by atoms with Crippen LogP contribution in [0.3, 0.4) is 0 Å². The number of hydrogen-bond donors (Lipinski definition) is 0. The van der Waals surface area contributed by atoms with Crippen molar-refractivity contribution in [1.82, 2.24) is 14.8 Å². The van der Waals surface area contributed by atoms with Gasteiger partial charge in [0.2, 0.25) is 0 Å². The zero-order chi connectivity index (χ0) is 13.1. The summed E-state index contributed by atoms with van der Waals surface area (Å²) in [6.07, 6.45) is 0.771. The van der Waals surface area contributed by atoms with Crippen molar-refractivity contribution < 1.29 is 4.74 Å². The monoisotopic (exact) mass is 285 g/mol. The average Bonchev–Trinajstić information content (AvgIpc) is 2.81. The van der Waals surface area contributed by atoms with Crippen molar-refractivity contribution in [3.8, 4) is 11.4 Å². The van der Waals surface area contributed by atoms with Gasteiger partial charge in [-0.3, -0.25) is 4.57 Å². The maximum atomic E-state index is 6.13. The Hall–Kier alpha value is -1.26. The van der Waals surface area contributed by atoms with Crippen LogP contribution in [0.4, 0.5) is 0 Å². The third kappa shape index (κ3) is 2.31. The predicted octanol–water partition coefficient (Wildman–Crippen LogP) is 3.23. The second-order valence-electron chi connectivity index (χ2n) is 3.67. The molecule has 96 valence electrons. The summed E-state index contributed by atoms with van der Waals surface area (Å²) >= 11 is 12.0. The first-order valence-electron chi connectivity index (χ1n) is 5.54. The van der Waals surface area contributed by atoms with E-state index in [9.17, 15) is 0 Å². The van der Waals surface area contributed by atoms with Crippen molar-refractivity contribution in [3.05, 3.63) is 34.9 Å². The van der Waals surface area contributed by atoms with E-state index in [1.165, 1.54) is 0 Å². The average molecular weight is 286 g/mol. The minimum atomic E-state index is 0.302. The zero-order valence-electron chi connectivity index (χ0n) is 10.2. The van der Waals surface area contributed by atoms with Gasteiger partial charge in [-0.2, -0.15) is 0 Å². The van der Waals surface area contributed by atoms with Gasteiger partial charge in [0, 0.05) is 6.42 Å². The molecule has 4 nitrogen and oxygen atoms in total. The van der Waals surface area contributed by atoms with Crippen molar-refractivity contribution in [3.63, 3.8) is 0 Å². The van der Waals surface area contributed by atoms with Crippen LogP contribution in [-0.4, -0.2) is 21.9 Å². The van der Waals surface area contributed by atoms with Crippen LogP contribution in [0, 0.1) is 0 Å². The van der Waals surface area contributed by atoms with Gasteiger partial charge in [-0.15, -0.1) is 21.8 Å². The van der Waals surface area contributed by atoms with Crippen molar-refractivity contribution in [1.29, 1.82) is 0 Å². The van der Waals surface area contributed by atoms with Gasteiger partial charge in [0.15, 0.2) is 5.82 Å². The number of rotatable bonds is 4. The van der Waals surface area contributed by atoms with Gasteiger partial charge in [-0.25, -0.2) is 0 Å². The van der Waals surface area contributed by atoms with E-state index < -0.39 is 0 Å². The number of halogens is 2. The first kappa shape index (κ1) is 13.2. The smallest absolute Gasteiger partial charge is 0.152 e. The summed E-state index contributed by atoms with van der Waals surface area (Å²) in [5.41, 5.74) is 0.887. The first-order valence-corrected chi connectivity index (χ1v) is 6.45. The highest BCUT2D eigenvalue weighted by molar-refractivity contribution is 6.32. The number of aryl methyl sites for hydroxylation is 1. The molecule has 0 fully saturated rings. The second kappa shape index (κ2) is 5.59. The molecule has 1 aromatic heterocycles. The Kier molecular flexibility index (Phi) is 4.09. The number of alkyl halides is 1. The molecule has 0 atom stereocenters. The molecule has 0 bridgehead atoms. The van der Waals surface area contributed by atoms with Gasteiger partial charge < -0.3 is 4.74 Å². The van der Waals surface area contributed by atoms with Crippen LogP contribution in [0.1, 0.15) is 18.6 Å². The highest BCUT2D eigenvalue weighted by Crippen LogP contribution is 2.27. The lowest BCUT2D eigenvalue weighted by Gasteiger charge is -2.10. The molecule has 18 heavy (non-hydrogen) atoms. The summed E-state index contributed by atoms with van der Waals surface area (Å²) < 4.78 is 7.05. The predicted molar refractivity (Wildman–Crippen MR) is 71.9 cm³/mol. The van der Waals surface area contributed by atoms with E-state index in [4.69, 9.17) is 27.9 Å². The molecule has 1 aromatic carbocycles. The summed E-state index contributed by atoms with van der Waals surface area (Å²) in [4.78, 5) is 0. The number of nitrogens with zero attached hydrogens (tertiary/aromatic N) is 3. The topological polar surface area (TPSA) is 39.9 Å². The molecule has 6 heteroatoms. The first-order chi connectivity index (χ1) is 8.71. The van der Waals surface area contributed by atoms with E-state index in [1.807, 2.05) is 29.7 Å². The van der Waals surface area contributed by atoms with Crippen molar-refractivity contribution in [2.75, 3.05) is 7.11 Å². The highest BCUT2D eigenvalue weighted by atomic mass is 35.5. The molecule has 1 heterocycles. The SMILES string of the molecule is CCc1nnc(CCl)n1-c1ccc(OC)c(Cl)c1. The summed E-state index contributed by atoms with van der Waals surface area (Å²) in [5.74, 6) is 2.50. The van der Waals surface area contributed by atoms with Crippen LogP contribution in [0.2, 0.25) is 5.02 Å². The van der Waals surface area contributed by atoms with Crippen LogP contribution >= 0.6 is 23.2 Å². The third-order valence-electron chi connectivity index (χ3n) is 2.63. The Morgan fingerprint density at radius 3 is 2.56 bits per heavy atom. The van der Waals surface area contributed by atoms with Gasteiger partial charge >= 0.3 is 0 Å². The van der Waals surface area contributed by atoms with Crippen LogP contribution < -0.4 is 4.74 Å². The lowest BCUT2D eigenvalue weighted by atomic mass is 10.3. The fourth-order valence-corrected chi connectivity index (χ4v) is 2.19. The van der Waals surface area contributed by atoms with Crippen molar-refractivity contribution in [2.45, 2.75) is 19.2 Å². The van der Waals surface area contributed by atoms with Crippen LogP contribution in [-0.2, 0) is 12.3 Å². The third-order valence-corrected chi connectivity index (χ3v) is 3.16. The van der Waals surface area contributed by atoms with E-state index in [0.717, 1.165) is 17.9 Å². The van der Waals surface area contributed by atoms with E-state index >= 15 is 0 Å². The van der Waals surface area contributed by atoms with E-state index in [2.05, 4.69) is 10.2 Å². The molecule has 0 amide bonds. The van der Waals surface area contributed by atoms with Gasteiger partial charge in [0.25, 0.3) is 0 Å². The van der Waals surface area contributed by atoms with Gasteiger partial charge in [0.05, 0.1) is 23.7 Å². The summed E-state index contributed by atoms with van der Waals surface area (Å²) in [7, 11) is 1.58. The van der Waals surface area contributed by atoms with Crippen molar-refractivity contribution >= 4 is 23.2 Å². The molecule has 0 aliphatic rings. The van der Waals surface area contributed by atoms with Crippen LogP contribution in [0.15, 0.2) is 18.2 Å². The van der Waals surface area contributed by atoms with Crippen LogP contribution in [0.25, 0.3) is 5.69 Å². The fraction of sp³-hybridized carbons (Fsp3) is 0.333. The molecule has 0 spiro atoms. The van der Waals surface area contributed by atoms with Gasteiger partial charge in [-0.05, 0) is 18.2 Å². The number of aromatic nitrogens is 3. The number of hydrogen-bond acceptors (Lipinski definition) is 3. The normalized spacial score (nSPS) is 10.7. The standard InChI is InChI=1S/C12H13Cl2N3O/c1-3-11-15-16-12(7-13)17(11)8-4-5-10(18-2)9(14)6-8/h4-6H,3,7H2,1-2H3. The number of methoxy groups -OCH3 is 1. The molecule has 0 aliphatic carbocycles. The number of ether oxygens (including phenoxy) is 1. The lowest BCUT2D eigenvalue weighted by Crippen LogP contribution is -2.04. The molecular formula is C12H13Cl2N3O. The van der Waals surface area contributed by atoms with Crippen molar-refractivity contribution in [2.24, 2.45) is 0 Å². The molecule has 0 unspecified atom stereocenters. The highest BCUT2D eigenvalue weighted by Gasteiger charge is 2.13. The summed E-state index contributed by atoms with van der Waals surface area (Å²) in [5, 5.41) is 8.72. The van der Waals surface area contributed by atoms with Gasteiger partial charge in [-0.1, -0.05) is 18.5 Å². The second-order valence-corrected chi connectivity index (χ2v) is 4.35. The Morgan fingerprint density at radius 2 is 2.00 bits per heavy atom.